The molecule has 0 bridgehead atoms. The topological polar surface area (TPSA) is 0 Å². The first-order valence-electron chi connectivity index (χ1n) is 7.28. The lowest BCUT2D eigenvalue weighted by Crippen LogP contribution is -2.19. The second-order valence-electron chi connectivity index (χ2n) is 6.03. The fraction of sp³-hybridized carbons (Fsp3) is 0.765. The molecule has 0 rings (SSSR count). The first-order chi connectivity index (χ1) is 8.02. The van der Waals surface area contributed by atoms with Crippen molar-refractivity contribution in [3.8, 4) is 0 Å². The zero-order chi connectivity index (χ0) is 13.1. The van der Waals surface area contributed by atoms with Crippen molar-refractivity contribution in [2.24, 2.45) is 11.3 Å². The van der Waals surface area contributed by atoms with Crippen LogP contribution in [0, 0.1) is 11.3 Å². The lowest BCUT2D eigenvalue weighted by Gasteiger charge is -2.30. The first-order valence-corrected chi connectivity index (χ1v) is 7.28. The van der Waals surface area contributed by atoms with Crippen LogP contribution in [-0.2, 0) is 0 Å². The Bertz CT molecular complexity index is 215. The van der Waals surface area contributed by atoms with Gasteiger partial charge in [0.25, 0.3) is 0 Å². The molecule has 17 heavy (non-hydrogen) atoms. The molecule has 0 nitrogen and oxygen atoms in total. The lowest BCUT2D eigenvalue weighted by atomic mass is 9.76. The average molecular weight is 236 g/mol. The van der Waals surface area contributed by atoms with E-state index in [0.717, 1.165) is 5.92 Å². The van der Waals surface area contributed by atoms with Gasteiger partial charge in [0.2, 0.25) is 0 Å². The van der Waals surface area contributed by atoms with Crippen LogP contribution in [0.4, 0.5) is 0 Å². The van der Waals surface area contributed by atoms with Crippen molar-refractivity contribution >= 4 is 0 Å². The molecule has 0 aliphatic rings. The molecule has 0 aliphatic carbocycles. The van der Waals surface area contributed by atoms with E-state index in [0.29, 0.717) is 5.41 Å². The molecule has 0 N–H and O–H groups in total. The smallest absolute Gasteiger partial charge is 0.0317 e. The summed E-state index contributed by atoms with van der Waals surface area (Å²) >= 11 is 0. The van der Waals surface area contributed by atoms with Gasteiger partial charge in [0.15, 0.2) is 0 Å². The van der Waals surface area contributed by atoms with Crippen molar-refractivity contribution in [1.29, 1.82) is 0 Å². The van der Waals surface area contributed by atoms with Gasteiger partial charge in [0.05, 0.1) is 0 Å². The van der Waals surface area contributed by atoms with Crippen LogP contribution in [-0.4, -0.2) is 0 Å². The molecular formula is C17H32. The van der Waals surface area contributed by atoms with Gasteiger partial charge in [0.1, 0.15) is 0 Å². The first kappa shape index (κ1) is 16.5. The molecule has 0 fully saturated rings. The van der Waals surface area contributed by atoms with Gasteiger partial charge in [-0.05, 0) is 50.4 Å². The van der Waals surface area contributed by atoms with Crippen LogP contribution in [0.2, 0.25) is 0 Å². The van der Waals surface area contributed by atoms with Gasteiger partial charge in [-0.3, -0.25) is 0 Å². The molecule has 0 amide bonds. The van der Waals surface area contributed by atoms with E-state index in [1.807, 2.05) is 0 Å². The van der Waals surface area contributed by atoms with Gasteiger partial charge < -0.3 is 0 Å². The Labute approximate surface area is 109 Å². The molecule has 0 saturated heterocycles. The van der Waals surface area contributed by atoms with Gasteiger partial charge in [-0.25, -0.2) is 0 Å². The zero-order valence-corrected chi connectivity index (χ0v) is 12.6. The van der Waals surface area contributed by atoms with Crippen molar-refractivity contribution in [3.63, 3.8) is 0 Å². The molecule has 100 valence electrons. The summed E-state index contributed by atoms with van der Waals surface area (Å²) in [5.74, 6) is 0.828. The molecule has 0 aromatic carbocycles. The Morgan fingerprint density at radius 2 is 1.71 bits per heavy atom. The molecule has 0 aromatic heterocycles. The van der Waals surface area contributed by atoms with E-state index in [4.69, 9.17) is 0 Å². The minimum absolute atomic E-state index is 0.443. The van der Waals surface area contributed by atoms with Crippen LogP contribution in [0.25, 0.3) is 0 Å². The molecule has 0 aliphatic heterocycles. The summed E-state index contributed by atoms with van der Waals surface area (Å²) in [5.41, 5.74) is 0.443. The van der Waals surface area contributed by atoms with Crippen molar-refractivity contribution < 1.29 is 0 Å². The summed E-state index contributed by atoms with van der Waals surface area (Å²) in [6.45, 7) is 11.4. The maximum Gasteiger partial charge on any atom is -0.0317 e. The van der Waals surface area contributed by atoms with Crippen LogP contribution in [0.15, 0.2) is 24.3 Å². The lowest BCUT2D eigenvalue weighted by molar-refractivity contribution is 0.222. The summed E-state index contributed by atoms with van der Waals surface area (Å²) in [5, 5.41) is 0. The Hall–Kier alpha value is -0.520. The van der Waals surface area contributed by atoms with Gasteiger partial charge in [-0.15, -0.1) is 0 Å². The predicted molar refractivity (Wildman–Crippen MR) is 80.3 cm³/mol. The normalized spacial score (nSPS) is 14.9. The molecular weight excluding hydrogens is 204 g/mol. The standard InChI is InChI=1S/C17H32/c1-6-8-10-11-12-13-15-16(14-9-7-2)17(3,4)5/h7-10,16H,6,11-15H2,1-5H3/b9-7+,10-8+. The molecule has 0 saturated carbocycles. The predicted octanol–water partition coefficient (Wildman–Crippen LogP) is 6.14. The number of hydrogen-bond donors (Lipinski definition) is 0. The largest absolute Gasteiger partial charge is 0.0917 e. The van der Waals surface area contributed by atoms with E-state index in [9.17, 15) is 0 Å². The third-order valence-electron chi connectivity index (χ3n) is 3.46. The summed E-state index contributed by atoms with van der Waals surface area (Å²) in [6.07, 6.45) is 16.9. The van der Waals surface area contributed by atoms with Gasteiger partial charge >= 0.3 is 0 Å². The van der Waals surface area contributed by atoms with Crippen LogP contribution in [0.1, 0.15) is 73.1 Å². The highest BCUT2D eigenvalue weighted by Crippen LogP contribution is 2.33. The Morgan fingerprint density at radius 1 is 1.00 bits per heavy atom. The average Bonchev–Trinajstić information content (AvgIpc) is 2.25. The van der Waals surface area contributed by atoms with Crippen LogP contribution in [0.3, 0.4) is 0 Å². The minimum Gasteiger partial charge on any atom is -0.0917 e. The summed E-state index contributed by atoms with van der Waals surface area (Å²) < 4.78 is 0. The summed E-state index contributed by atoms with van der Waals surface area (Å²) in [4.78, 5) is 0. The maximum absolute atomic E-state index is 2.37. The SMILES string of the molecule is C/C=C/CC(CCCC/C=C/CC)C(C)(C)C. The van der Waals surface area contributed by atoms with Crippen molar-refractivity contribution in [2.45, 2.75) is 73.1 Å². The fourth-order valence-corrected chi connectivity index (χ4v) is 2.14. The Balaban J connectivity index is 3.88. The summed E-state index contributed by atoms with van der Waals surface area (Å²) in [7, 11) is 0. The second-order valence-corrected chi connectivity index (χ2v) is 6.03. The van der Waals surface area contributed by atoms with Crippen molar-refractivity contribution in [1.82, 2.24) is 0 Å². The van der Waals surface area contributed by atoms with Gasteiger partial charge in [-0.1, -0.05) is 58.4 Å². The van der Waals surface area contributed by atoms with Crippen molar-refractivity contribution in [2.75, 3.05) is 0 Å². The molecule has 0 aromatic rings. The third kappa shape index (κ3) is 9.21. The molecule has 0 heteroatoms. The maximum atomic E-state index is 2.37. The second kappa shape index (κ2) is 9.50. The Morgan fingerprint density at radius 3 is 2.24 bits per heavy atom. The van der Waals surface area contributed by atoms with E-state index in [-0.39, 0.29) is 0 Å². The third-order valence-corrected chi connectivity index (χ3v) is 3.46. The van der Waals surface area contributed by atoms with E-state index >= 15 is 0 Å². The van der Waals surface area contributed by atoms with E-state index < -0.39 is 0 Å². The number of allylic oxidation sites excluding steroid dienone is 4. The number of hydrogen-bond acceptors (Lipinski definition) is 0. The monoisotopic (exact) mass is 236 g/mol. The molecule has 1 atom stereocenters. The van der Waals surface area contributed by atoms with Crippen LogP contribution >= 0.6 is 0 Å². The zero-order valence-electron chi connectivity index (χ0n) is 12.6. The highest BCUT2D eigenvalue weighted by atomic mass is 14.3. The molecule has 0 spiro atoms. The highest BCUT2D eigenvalue weighted by Gasteiger charge is 2.22. The van der Waals surface area contributed by atoms with E-state index in [2.05, 4.69) is 58.9 Å². The molecule has 0 heterocycles. The van der Waals surface area contributed by atoms with Crippen molar-refractivity contribution in [3.05, 3.63) is 24.3 Å². The number of rotatable bonds is 8. The van der Waals surface area contributed by atoms with E-state index in [1.165, 1.54) is 38.5 Å². The highest BCUT2D eigenvalue weighted by molar-refractivity contribution is 4.86. The van der Waals surface area contributed by atoms with E-state index in [1.54, 1.807) is 0 Å². The fourth-order valence-electron chi connectivity index (χ4n) is 2.14. The van der Waals surface area contributed by atoms with Gasteiger partial charge in [0, 0.05) is 0 Å². The number of unbranched alkanes of at least 4 members (excludes halogenated alkanes) is 2. The molecule has 0 radical (unpaired) electrons. The quantitative estimate of drug-likeness (QED) is 0.350. The van der Waals surface area contributed by atoms with Crippen LogP contribution < -0.4 is 0 Å². The molecule has 1 unspecified atom stereocenters. The van der Waals surface area contributed by atoms with Crippen LogP contribution in [0.5, 0.6) is 0 Å². The van der Waals surface area contributed by atoms with Gasteiger partial charge in [-0.2, -0.15) is 0 Å². The summed E-state index contributed by atoms with van der Waals surface area (Å²) in [6, 6.07) is 0. The minimum atomic E-state index is 0.443. The Kier molecular flexibility index (Phi) is 9.21.